The minimum atomic E-state index is -0.613. The van der Waals surface area contributed by atoms with Gasteiger partial charge in [-0.1, -0.05) is 35.3 Å². The van der Waals surface area contributed by atoms with Gasteiger partial charge in [-0.2, -0.15) is 0 Å². The molecule has 4 aromatic rings. The lowest BCUT2D eigenvalue weighted by atomic mass is 10.2. The highest BCUT2D eigenvalue weighted by molar-refractivity contribution is 9.10. The van der Waals surface area contributed by atoms with Crippen LogP contribution in [-0.4, -0.2) is 52.4 Å². The van der Waals surface area contributed by atoms with Gasteiger partial charge in [0.15, 0.2) is 11.4 Å². The van der Waals surface area contributed by atoms with Crippen LogP contribution < -0.4 is 20.3 Å². The number of aliphatic hydroxyl groups excluding tert-OH is 1. The number of anilines is 2. The number of imidazole rings is 1. The summed E-state index contributed by atoms with van der Waals surface area (Å²) in [6, 6.07) is 13.5. The first-order chi connectivity index (χ1) is 20.1. The number of pyridine rings is 1. The number of ether oxygens (including phenoxy) is 1. The van der Waals surface area contributed by atoms with Gasteiger partial charge < -0.3 is 25.4 Å². The highest BCUT2D eigenvalue weighted by Crippen LogP contribution is 2.35. The van der Waals surface area contributed by atoms with E-state index in [1.54, 1.807) is 55.6 Å². The van der Waals surface area contributed by atoms with Crippen molar-refractivity contribution in [2.24, 2.45) is 0 Å². The highest BCUT2D eigenvalue weighted by Gasteiger charge is 2.20. The number of halogens is 3. The lowest BCUT2D eigenvalue weighted by Crippen LogP contribution is -2.37. The first-order valence-corrected chi connectivity index (χ1v) is 14.1. The summed E-state index contributed by atoms with van der Waals surface area (Å²) in [5.41, 5.74) is 3.55. The maximum Gasteiger partial charge on any atom is 0.250 e. The van der Waals surface area contributed by atoms with Crippen molar-refractivity contribution in [2.75, 3.05) is 30.4 Å². The van der Waals surface area contributed by atoms with Crippen molar-refractivity contribution in [1.82, 2.24) is 14.7 Å². The Morgan fingerprint density at radius 2 is 1.88 bits per heavy atom. The minimum Gasteiger partial charge on any atom is -0.485 e. The van der Waals surface area contributed by atoms with Crippen LogP contribution in [0.5, 0.6) is 5.75 Å². The van der Waals surface area contributed by atoms with Crippen molar-refractivity contribution in [3.63, 3.8) is 0 Å². The number of aliphatic hydroxyl groups is 1. The molecule has 2 aromatic heterocycles. The molecule has 0 radical (unpaired) electrons. The number of carbonyl (C=O) groups is 3. The van der Waals surface area contributed by atoms with Crippen LogP contribution >= 0.6 is 39.1 Å². The fraction of sp³-hybridized carbons (Fsp3) is 0.172. The zero-order chi connectivity index (χ0) is 30.4. The van der Waals surface area contributed by atoms with Crippen molar-refractivity contribution in [1.29, 1.82) is 0 Å². The van der Waals surface area contributed by atoms with E-state index in [2.05, 4.69) is 31.5 Å². The minimum absolute atomic E-state index is 0.0348. The molecule has 0 fully saturated rings. The number of carbonyl (C=O) groups excluding carboxylic acids is 3. The molecule has 3 amide bonds. The van der Waals surface area contributed by atoms with Crippen LogP contribution in [0, 0.1) is 6.92 Å². The number of rotatable bonds is 10. The molecule has 0 saturated heterocycles. The summed E-state index contributed by atoms with van der Waals surface area (Å²) in [5.74, 6) is -0.864. The monoisotopic (exact) mass is 673 g/mol. The average Bonchev–Trinajstić information content (AvgIpc) is 3.28. The van der Waals surface area contributed by atoms with E-state index in [0.717, 1.165) is 10.3 Å². The Balaban J connectivity index is 1.37. The average molecular weight is 675 g/mol. The molecule has 0 aliphatic heterocycles. The Hall–Kier alpha value is -3.90. The Labute approximate surface area is 260 Å². The third-order valence-electron chi connectivity index (χ3n) is 6.17. The molecule has 0 bridgehead atoms. The van der Waals surface area contributed by atoms with Crippen molar-refractivity contribution in [3.8, 4) is 5.75 Å². The molecule has 13 heteroatoms. The number of nitrogens with one attached hydrogen (secondary N) is 2. The zero-order valence-electron chi connectivity index (χ0n) is 22.5. The number of hydrogen-bond acceptors (Lipinski definition) is 6. The van der Waals surface area contributed by atoms with E-state index in [0.29, 0.717) is 38.9 Å². The standard InChI is InChI=1S/C29H26BrCl2N5O5/c1-17-28(30)37-13-3-4-23(29(37)34-17)42-16-20-21(31)10-11-22(27(20)32)36(2)26(41)14-33-24(39)12-7-18-5-8-19(9-6-18)35-25(40)15-38/h3-13,38H,14-16H2,1-2H3,(H,33,39)(H,35,40). The van der Waals surface area contributed by atoms with E-state index in [4.69, 9.17) is 33.0 Å². The number of amides is 3. The van der Waals surface area contributed by atoms with Gasteiger partial charge in [0.1, 0.15) is 17.8 Å². The Kier molecular flexibility index (Phi) is 10.2. The van der Waals surface area contributed by atoms with Crippen LogP contribution in [0.15, 0.2) is 65.4 Å². The topological polar surface area (TPSA) is 125 Å². The van der Waals surface area contributed by atoms with Gasteiger partial charge in [0, 0.05) is 35.6 Å². The summed E-state index contributed by atoms with van der Waals surface area (Å²) in [6.45, 7) is 1.03. The molecule has 0 aliphatic carbocycles. The summed E-state index contributed by atoms with van der Waals surface area (Å²) >= 11 is 16.6. The van der Waals surface area contributed by atoms with Gasteiger partial charge in [0.05, 0.1) is 22.9 Å². The Morgan fingerprint density at radius 3 is 2.60 bits per heavy atom. The SMILES string of the molecule is Cc1nc2c(OCc3c(Cl)ccc(N(C)C(=O)CNC(=O)C=Cc4ccc(NC(=O)CO)cc4)c3Cl)cccn2c1Br. The second-order valence-corrected chi connectivity index (χ2v) is 10.6. The normalized spacial score (nSPS) is 11.1. The van der Waals surface area contributed by atoms with Crippen LogP contribution in [0.2, 0.25) is 10.0 Å². The number of benzene rings is 2. The van der Waals surface area contributed by atoms with Crippen LogP contribution in [-0.2, 0) is 21.0 Å². The maximum atomic E-state index is 12.9. The molecule has 0 saturated carbocycles. The second-order valence-electron chi connectivity index (χ2n) is 9.03. The van der Waals surface area contributed by atoms with Gasteiger partial charge >= 0.3 is 0 Å². The maximum absolute atomic E-state index is 12.9. The zero-order valence-corrected chi connectivity index (χ0v) is 25.6. The van der Waals surface area contributed by atoms with E-state index < -0.39 is 24.3 Å². The smallest absolute Gasteiger partial charge is 0.250 e. The molecule has 10 nitrogen and oxygen atoms in total. The predicted molar refractivity (Wildman–Crippen MR) is 166 cm³/mol. The van der Waals surface area contributed by atoms with Gasteiger partial charge in [0.2, 0.25) is 17.7 Å². The summed E-state index contributed by atoms with van der Waals surface area (Å²) in [6.07, 6.45) is 4.72. The fourth-order valence-electron chi connectivity index (χ4n) is 3.89. The lowest BCUT2D eigenvalue weighted by Gasteiger charge is -2.21. The molecule has 4 rings (SSSR count). The van der Waals surface area contributed by atoms with Crippen LogP contribution in [0.3, 0.4) is 0 Å². The van der Waals surface area contributed by atoms with Gasteiger partial charge in [-0.15, -0.1) is 0 Å². The largest absolute Gasteiger partial charge is 0.485 e. The molecule has 0 unspecified atom stereocenters. The number of hydrogen-bond donors (Lipinski definition) is 3. The number of nitrogens with zero attached hydrogens (tertiary/aromatic N) is 3. The molecule has 3 N–H and O–H groups in total. The van der Waals surface area contributed by atoms with Crippen molar-refractivity contribution in [2.45, 2.75) is 13.5 Å². The highest BCUT2D eigenvalue weighted by atomic mass is 79.9. The fourth-order valence-corrected chi connectivity index (χ4v) is 4.87. The molecule has 0 atom stereocenters. The van der Waals surface area contributed by atoms with Gasteiger partial charge in [-0.05, 0) is 70.9 Å². The molecule has 2 heterocycles. The predicted octanol–water partition coefficient (Wildman–Crippen LogP) is 5.01. The van der Waals surface area contributed by atoms with E-state index in [-0.39, 0.29) is 18.2 Å². The molecule has 42 heavy (non-hydrogen) atoms. The first kappa shape index (κ1) is 31.0. The van der Waals surface area contributed by atoms with E-state index >= 15 is 0 Å². The molecular weight excluding hydrogens is 649 g/mol. The molecular formula is C29H26BrCl2N5O5. The summed E-state index contributed by atoms with van der Waals surface area (Å²) in [4.78, 5) is 42.3. The van der Waals surface area contributed by atoms with Crippen LogP contribution in [0.4, 0.5) is 11.4 Å². The van der Waals surface area contributed by atoms with Crippen LogP contribution in [0.1, 0.15) is 16.8 Å². The summed E-state index contributed by atoms with van der Waals surface area (Å²) in [5, 5.41) is 14.5. The number of fused-ring (bicyclic) bond motifs is 1. The van der Waals surface area contributed by atoms with Gasteiger partial charge in [-0.3, -0.25) is 18.8 Å². The number of aryl methyl sites for hydroxylation is 1. The van der Waals surface area contributed by atoms with E-state index in [9.17, 15) is 14.4 Å². The number of likely N-dealkylation sites (N-methyl/N-ethyl adjacent to an activating group) is 1. The van der Waals surface area contributed by atoms with E-state index in [1.807, 2.05) is 23.6 Å². The van der Waals surface area contributed by atoms with Crippen LogP contribution in [0.25, 0.3) is 11.7 Å². The molecule has 218 valence electrons. The molecule has 0 aliphatic rings. The van der Waals surface area contributed by atoms with E-state index in [1.165, 1.54) is 11.0 Å². The number of aromatic nitrogens is 2. The lowest BCUT2D eigenvalue weighted by molar-refractivity contribution is -0.122. The Morgan fingerprint density at radius 1 is 1.14 bits per heavy atom. The van der Waals surface area contributed by atoms with Crippen molar-refractivity contribution >= 4 is 80.0 Å². The summed E-state index contributed by atoms with van der Waals surface area (Å²) < 4.78 is 8.71. The first-order valence-electron chi connectivity index (χ1n) is 12.5. The van der Waals surface area contributed by atoms with Crippen molar-refractivity contribution in [3.05, 3.63) is 92.3 Å². The van der Waals surface area contributed by atoms with Crippen molar-refractivity contribution < 1.29 is 24.2 Å². The molecule has 2 aromatic carbocycles. The van der Waals surface area contributed by atoms with Gasteiger partial charge in [0.25, 0.3) is 0 Å². The second kappa shape index (κ2) is 13.8. The quantitative estimate of drug-likeness (QED) is 0.203. The molecule has 0 spiro atoms. The van der Waals surface area contributed by atoms with Gasteiger partial charge in [-0.25, -0.2) is 4.98 Å². The summed E-state index contributed by atoms with van der Waals surface area (Å²) in [7, 11) is 1.55. The Bertz CT molecular complexity index is 1670. The third-order valence-corrected chi connectivity index (χ3v) is 7.90. The third kappa shape index (κ3) is 7.29.